The van der Waals surface area contributed by atoms with Crippen LogP contribution >= 0.6 is 0 Å². The van der Waals surface area contributed by atoms with Crippen molar-refractivity contribution in [2.75, 3.05) is 20.3 Å². The predicted octanol–water partition coefficient (Wildman–Crippen LogP) is -0.148. The van der Waals surface area contributed by atoms with Gasteiger partial charge in [0.25, 0.3) is 0 Å². The zero-order chi connectivity index (χ0) is 14.2. The van der Waals surface area contributed by atoms with Gasteiger partial charge in [-0.2, -0.15) is 0 Å². The quantitative estimate of drug-likeness (QED) is 0.571. The molecule has 1 saturated carbocycles. The summed E-state index contributed by atoms with van der Waals surface area (Å²) in [5.74, 6) is -0.0258. The molecular formula is C17H24ClNO2. The Kier molecular flexibility index (Phi) is 4.64. The Morgan fingerprint density at radius 3 is 2.52 bits per heavy atom. The average Bonchev–Trinajstić information content (AvgIpc) is 3.21. The Balaban J connectivity index is 0.00000161. The number of likely N-dealkylation sites (tertiary alicyclic amines) is 1. The van der Waals surface area contributed by atoms with Crippen molar-refractivity contribution in [2.45, 2.75) is 44.1 Å². The van der Waals surface area contributed by atoms with Crippen LogP contribution in [0.15, 0.2) is 30.3 Å². The molecule has 0 radical (unpaired) electrons. The van der Waals surface area contributed by atoms with Crippen LogP contribution in [0, 0.1) is 0 Å². The molecule has 2 atom stereocenters. The number of quaternary nitrogens is 1. The molecule has 2 aliphatic rings. The Morgan fingerprint density at radius 2 is 2.00 bits per heavy atom. The molecule has 2 unspecified atom stereocenters. The van der Waals surface area contributed by atoms with Gasteiger partial charge in [-0.25, -0.2) is 0 Å². The molecule has 1 heterocycles. The maximum absolute atomic E-state index is 12.5. The zero-order valence-corrected chi connectivity index (χ0v) is 13.6. The maximum atomic E-state index is 12.5. The highest BCUT2D eigenvalue weighted by atomic mass is 35.5. The first-order chi connectivity index (χ1) is 9.57. The van der Waals surface area contributed by atoms with Crippen LogP contribution in [-0.4, -0.2) is 36.8 Å². The molecule has 0 spiro atoms. The van der Waals surface area contributed by atoms with Crippen LogP contribution < -0.4 is 12.4 Å². The molecule has 0 N–H and O–H groups in total. The van der Waals surface area contributed by atoms with Gasteiger partial charge in [0.1, 0.15) is 0 Å². The lowest BCUT2D eigenvalue weighted by Gasteiger charge is -2.33. The number of ether oxygens (including phenoxy) is 1. The zero-order valence-electron chi connectivity index (χ0n) is 12.8. The fourth-order valence-corrected chi connectivity index (χ4v) is 3.31. The highest BCUT2D eigenvalue weighted by molar-refractivity contribution is 5.86. The SMILES string of the molecule is CC1CCC[N+]1(C)COC(=O)C1(c2ccccc2)CC1.[Cl-]. The third-order valence-corrected chi connectivity index (χ3v) is 5.31. The van der Waals surface area contributed by atoms with E-state index in [0.29, 0.717) is 12.8 Å². The number of hydrogen-bond donors (Lipinski definition) is 0. The van der Waals surface area contributed by atoms with E-state index in [2.05, 4.69) is 14.0 Å². The van der Waals surface area contributed by atoms with Gasteiger partial charge in [0.2, 0.25) is 6.73 Å². The summed E-state index contributed by atoms with van der Waals surface area (Å²) in [5, 5.41) is 0. The second-order valence-electron chi connectivity index (χ2n) is 6.70. The molecular weight excluding hydrogens is 286 g/mol. The van der Waals surface area contributed by atoms with Gasteiger partial charge in [0.05, 0.1) is 25.0 Å². The lowest BCUT2D eigenvalue weighted by molar-refractivity contribution is -0.935. The van der Waals surface area contributed by atoms with Crippen LogP contribution in [0.5, 0.6) is 0 Å². The van der Waals surface area contributed by atoms with Gasteiger partial charge >= 0.3 is 5.97 Å². The summed E-state index contributed by atoms with van der Waals surface area (Å²) in [7, 11) is 2.20. The van der Waals surface area contributed by atoms with Crippen molar-refractivity contribution in [3.05, 3.63) is 35.9 Å². The van der Waals surface area contributed by atoms with E-state index in [1.807, 2.05) is 30.3 Å². The van der Waals surface area contributed by atoms with E-state index >= 15 is 0 Å². The van der Waals surface area contributed by atoms with E-state index in [9.17, 15) is 4.79 Å². The second kappa shape index (κ2) is 5.98. The lowest BCUT2D eigenvalue weighted by Crippen LogP contribution is -3.00. The van der Waals surface area contributed by atoms with E-state index in [-0.39, 0.29) is 23.8 Å². The molecule has 4 heteroatoms. The molecule has 2 fully saturated rings. The molecule has 1 aromatic carbocycles. The van der Waals surface area contributed by atoms with Crippen LogP contribution in [-0.2, 0) is 14.9 Å². The minimum atomic E-state index is -0.344. The summed E-state index contributed by atoms with van der Waals surface area (Å²) < 4.78 is 6.59. The smallest absolute Gasteiger partial charge is 0.320 e. The van der Waals surface area contributed by atoms with Crippen LogP contribution in [0.25, 0.3) is 0 Å². The third-order valence-electron chi connectivity index (χ3n) is 5.31. The number of carbonyl (C=O) groups is 1. The monoisotopic (exact) mass is 309 g/mol. The summed E-state index contributed by atoms with van der Waals surface area (Å²) in [6.45, 7) is 3.90. The molecule has 3 rings (SSSR count). The van der Waals surface area contributed by atoms with Crippen molar-refractivity contribution in [2.24, 2.45) is 0 Å². The largest absolute Gasteiger partial charge is 1.00 e. The molecule has 0 amide bonds. The van der Waals surface area contributed by atoms with E-state index in [1.54, 1.807) is 0 Å². The van der Waals surface area contributed by atoms with Gasteiger partial charge in [-0.1, -0.05) is 30.3 Å². The van der Waals surface area contributed by atoms with Crippen LogP contribution in [0.2, 0.25) is 0 Å². The van der Waals surface area contributed by atoms with Crippen LogP contribution in [0.4, 0.5) is 0 Å². The van der Waals surface area contributed by atoms with Gasteiger partial charge in [-0.05, 0) is 25.3 Å². The number of benzene rings is 1. The third kappa shape index (κ3) is 2.95. The Labute approximate surface area is 133 Å². The first-order valence-electron chi connectivity index (χ1n) is 7.64. The summed E-state index contributed by atoms with van der Waals surface area (Å²) in [6, 6.07) is 10.7. The molecule has 0 aromatic heterocycles. The van der Waals surface area contributed by atoms with Crippen molar-refractivity contribution in [1.29, 1.82) is 0 Å². The fraction of sp³-hybridized carbons (Fsp3) is 0.588. The van der Waals surface area contributed by atoms with E-state index in [1.165, 1.54) is 12.8 Å². The van der Waals surface area contributed by atoms with Gasteiger partial charge < -0.3 is 17.1 Å². The number of nitrogens with zero attached hydrogens (tertiary/aromatic N) is 1. The van der Waals surface area contributed by atoms with Crippen molar-refractivity contribution in [3.63, 3.8) is 0 Å². The summed E-state index contributed by atoms with van der Waals surface area (Å²) in [4.78, 5) is 12.5. The first kappa shape index (κ1) is 16.3. The molecule has 0 bridgehead atoms. The standard InChI is InChI=1S/C17H24NO2.ClH/c1-14-7-6-12-18(14,2)13-20-16(19)17(10-11-17)15-8-4-3-5-9-15;/h3-5,8-9,14H,6-7,10-13H2,1-2H3;1H/q+1;/p-1. The van der Waals surface area contributed by atoms with E-state index in [4.69, 9.17) is 4.74 Å². The first-order valence-corrected chi connectivity index (χ1v) is 7.64. The van der Waals surface area contributed by atoms with Gasteiger partial charge in [-0.15, -0.1) is 0 Å². The molecule has 1 aliphatic heterocycles. The normalized spacial score (nSPS) is 29.5. The number of halogens is 1. The molecule has 116 valence electrons. The summed E-state index contributed by atoms with van der Waals surface area (Å²) in [5.41, 5.74) is 0.769. The molecule has 1 aliphatic carbocycles. The van der Waals surface area contributed by atoms with Crippen molar-refractivity contribution in [1.82, 2.24) is 0 Å². The second-order valence-corrected chi connectivity index (χ2v) is 6.70. The highest BCUT2D eigenvalue weighted by Gasteiger charge is 2.53. The topological polar surface area (TPSA) is 26.3 Å². The number of carbonyl (C=O) groups excluding carboxylic acids is 1. The van der Waals surface area contributed by atoms with E-state index < -0.39 is 0 Å². The molecule has 1 aromatic rings. The lowest BCUT2D eigenvalue weighted by atomic mass is 9.96. The Morgan fingerprint density at radius 1 is 1.33 bits per heavy atom. The maximum Gasteiger partial charge on any atom is 0.320 e. The van der Waals surface area contributed by atoms with Crippen molar-refractivity contribution < 1.29 is 26.4 Å². The summed E-state index contributed by atoms with van der Waals surface area (Å²) >= 11 is 0. The number of hydrogen-bond acceptors (Lipinski definition) is 2. The van der Waals surface area contributed by atoms with Gasteiger partial charge in [0.15, 0.2) is 0 Å². The van der Waals surface area contributed by atoms with Crippen molar-refractivity contribution >= 4 is 5.97 Å². The number of rotatable bonds is 4. The molecule has 3 nitrogen and oxygen atoms in total. The molecule has 21 heavy (non-hydrogen) atoms. The Bertz CT molecular complexity index is 501. The number of esters is 1. The van der Waals surface area contributed by atoms with Crippen LogP contribution in [0.1, 0.15) is 38.2 Å². The fourth-order valence-electron chi connectivity index (χ4n) is 3.31. The minimum Gasteiger partial charge on any atom is -1.00 e. The minimum absolute atomic E-state index is 0. The van der Waals surface area contributed by atoms with Gasteiger partial charge in [0, 0.05) is 12.8 Å². The predicted molar refractivity (Wildman–Crippen MR) is 78.1 cm³/mol. The molecule has 1 saturated heterocycles. The Hall–Kier alpha value is -1.06. The average molecular weight is 310 g/mol. The van der Waals surface area contributed by atoms with Crippen LogP contribution in [0.3, 0.4) is 0 Å². The van der Waals surface area contributed by atoms with Gasteiger partial charge in [-0.3, -0.25) is 9.28 Å². The highest BCUT2D eigenvalue weighted by Crippen LogP contribution is 2.49. The van der Waals surface area contributed by atoms with E-state index in [0.717, 1.165) is 29.4 Å². The van der Waals surface area contributed by atoms with Crippen molar-refractivity contribution in [3.8, 4) is 0 Å². The summed E-state index contributed by atoms with van der Waals surface area (Å²) in [6.07, 6.45) is 4.32.